The third-order valence-corrected chi connectivity index (χ3v) is 4.41. The Kier molecular flexibility index (Phi) is 3.00. The van der Waals surface area contributed by atoms with E-state index >= 15 is 0 Å². The van der Waals surface area contributed by atoms with Crippen LogP contribution in [0.1, 0.15) is 5.56 Å². The largest absolute Gasteiger partial charge is 0.398 e. The van der Waals surface area contributed by atoms with Gasteiger partial charge in [-0.2, -0.15) is 4.98 Å². The van der Waals surface area contributed by atoms with Gasteiger partial charge in [-0.05, 0) is 30.0 Å². The first-order chi connectivity index (χ1) is 9.16. The van der Waals surface area contributed by atoms with Crippen molar-refractivity contribution < 1.29 is 4.52 Å². The molecule has 6 heteroatoms. The molecule has 0 saturated heterocycles. The number of halogens is 1. The van der Waals surface area contributed by atoms with Gasteiger partial charge in [0.15, 0.2) is 0 Å². The molecular weight excluding hydrogens is 282 g/mol. The van der Waals surface area contributed by atoms with Crippen molar-refractivity contribution in [1.82, 2.24) is 10.1 Å². The highest BCUT2D eigenvalue weighted by Gasteiger charge is 2.17. The van der Waals surface area contributed by atoms with Crippen LogP contribution in [0.3, 0.4) is 0 Å². The molecule has 96 valence electrons. The molecule has 0 aliphatic carbocycles. The molecule has 0 fully saturated rings. The molecule has 4 nitrogen and oxygen atoms in total. The smallest absolute Gasteiger partial charge is 0.269 e. The van der Waals surface area contributed by atoms with Crippen molar-refractivity contribution in [2.45, 2.75) is 6.92 Å². The highest BCUT2D eigenvalue weighted by Crippen LogP contribution is 2.36. The summed E-state index contributed by atoms with van der Waals surface area (Å²) in [5.41, 5.74) is 8.26. The fraction of sp³-hybridized carbons (Fsp3) is 0.0769. The van der Waals surface area contributed by atoms with Crippen molar-refractivity contribution in [1.29, 1.82) is 0 Å². The SMILES string of the molecule is Cc1csc(-c2nc(-c3ccccc3N)no2)c1Cl. The number of aryl methyl sites for hydroxylation is 1. The van der Waals surface area contributed by atoms with Crippen LogP contribution in [0.15, 0.2) is 34.2 Å². The first-order valence-electron chi connectivity index (χ1n) is 5.59. The summed E-state index contributed by atoms with van der Waals surface area (Å²) in [5.74, 6) is 0.886. The van der Waals surface area contributed by atoms with E-state index in [4.69, 9.17) is 21.9 Å². The predicted octanol–water partition coefficient (Wildman–Crippen LogP) is 4.01. The number of hydrogen-bond donors (Lipinski definition) is 1. The maximum Gasteiger partial charge on any atom is 0.269 e. The van der Waals surface area contributed by atoms with Crippen LogP contribution < -0.4 is 5.73 Å². The number of thiophene rings is 1. The van der Waals surface area contributed by atoms with Crippen LogP contribution >= 0.6 is 22.9 Å². The molecular formula is C13H10ClN3OS. The van der Waals surface area contributed by atoms with Crippen LogP contribution in [0.2, 0.25) is 5.02 Å². The van der Waals surface area contributed by atoms with Gasteiger partial charge in [0.05, 0.1) is 5.02 Å². The first kappa shape index (κ1) is 12.2. The van der Waals surface area contributed by atoms with Gasteiger partial charge in [-0.15, -0.1) is 11.3 Å². The molecule has 19 heavy (non-hydrogen) atoms. The molecule has 0 spiro atoms. The maximum atomic E-state index is 6.19. The van der Waals surface area contributed by atoms with Crippen LogP contribution in [0.4, 0.5) is 5.69 Å². The number of nitrogens with zero attached hydrogens (tertiary/aromatic N) is 2. The quantitative estimate of drug-likeness (QED) is 0.725. The second-order valence-corrected chi connectivity index (χ2v) is 5.33. The van der Waals surface area contributed by atoms with Crippen molar-refractivity contribution in [3.63, 3.8) is 0 Å². The molecule has 2 aromatic heterocycles. The zero-order valence-electron chi connectivity index (χ0n) is 10.1. The van der Waals surface area contributed by atoms with Gasteiger partial charge in [0.25, 0.3) is 5.89 Å². The molecule has 0 bridgehead atoms. The Hall–Kier alpha value is -1.85. The molecule has 0 aliphatic heterocycles. The van der Waals surface area contributed by atoms with E-state index in [-0.39, 0.29) is 0 Å². The van der Waals surface area contributed by atoms with E-state index < -0.39 is 0 Å². The Labute approximate surface area is 118 Å². The molecule has 3 rings (SSSR count). The summed E-state index contributed by atoms with van der Waals surface area (Å²) in [5, 5.41) is 6.57. The number of aromatic nitrogens is 2. The lowest BCUT2D eigenvalue weighted by Gasteiger charge is -1.97. The average molecular weight is 292 g/mol. The van der Waals surface area contributed by atoms with E-state index in [2.05, 4.69) is 10.1 Å². The summed E-state index contributed by atoms with van der Waals surface area (Å²) in [6.07, 6.45) is 0. The van der Waals surface area contributed by atoms with Crippen molar-refractivity contribution >= 4 is 28.6 Å². The minimum Gasteiger partial charge on any atom is -0.398 e. The van der Waals surface area contributed by atoms with Gasteiger partial charge in [-0.25, -0.2) is 0 Å². The van der Waals surface area contributed by atoms with Gasteiger partial charge in [0, 0.05) is 11.3 Å². The number of nitrogen functional groups attached to an aromatic ring is 1. The van der Waals surface area contributed by atoms with E-state index in [0.29, 0.717) is 22.4 Å². The monoisotopic (exact) mass is 291 g/mol. The zero-order chi connectivity index (χ0) is 13.4. The van der Waals surface area contributed by atoms with Crippen LogP contribution in [0, 0.1) is 6.92 Å². The lowest BCUT2D eigenvalue weighted by molar-refractivity contribution is 0.433. The van der Waals surface area contributed by atoms with Gasteiger partial charge in [-0.3, -0.25) is 0 Å². The van der Waals surface area contributed by atoms with Gasteiger partial charge in [0.2, 0.25) is 5.82 Å². The van der Waals surface area contributed by atoms with Crippen LogP contribution in [0.5, 0.6) is 0 Å². The summed E-state index contributed by atoms with van der Waals surface area (Å²) in [7, 11) is 0. The highest BCUT2D eigenvalue weighted by atomic mass is 35.5. The Morgan fingerprint density at radius 1 is 1.32 bits per heavy atom. The Morgan fingerprint density at radius 3 is 2.79 bits per heavy atom. The van der Waals surface area contributed by atoms with Gasteiger partial charge < -0.3 is 10.3 Å². The second-order valence-electron chi connectivity index (χ2n) is 4.07. The fourth-order valence-corrected chi connectivity index (χ4v) is 2.89. The Bertz CT molecular complexity index is 735. The van der Waals surface area contributed by atoms with Gasteiger partial charge in [-0.1, -0.05) is 28.9 Å². The molecule has 1 aromatic carbocycles. The number of benzene rings is 1. The summed E-state index contributed by atoms with van der Waals surface area (Å²) in [6, 6.07) is 7.39. The zero-order valence-corrected chi connectivity index (χ0v) is 11.6. The van der Waals surface area contributed by atoms with E-state index in [0.717, 1.165) is 16.0 Å². The molecule has 0 saturated carbocycles. The topological polar surface area (TPSA) is 64.9 Å². The van der Waals surface area contributed by atoms with E-state index in [1.54, 1.807) is 6.07 Å². The van der Waals surface area contributed by atoms with Crippen LogP contribution in [-0.2, 0) is 0 Å². The van der Waals surface area contributed by atoms with Crippen LogP contribution in [-0.4, -0.2) is 10.1 Å². The minimum absolute atomic E-state index is 0.418. The lowest BCUT2D eigenvalue weighted by atomic mass is 10.2. The Balaban J connectivity index is 2.05. The van der Waals surface area contributed by atoms with Crippen molar-refractivity contribution in [3.05, 3.63) is 40.2 Å². The third kappa shape index (κ3) is 2.11. The van der Waals surface area contributed by atoms with Crippen LogP contribution in [0.25, 0.3) is 22.2 Å². The molecule has 2 heterocycles. The van der Waals surface area contributed by atoms with Crippen molar-refractivity contribution in [3.8, 4) is 22.2 Å². The number of hydrogen-bond acceptors (Lipinski definition) is 5. The number of rotatable bonds is 2. The molecule has 0 amide bonds. The number of para-hydroxylation sites is 1. The number of anilines is 1. The first-order valence-corrected chi connectivity index (χ1v) is 6.85. The number of nitrogens with two attached hydrogens (primary N) is 1. The molecule has 0 unspecified atom stereocenters. The predicted molar refractivity (Wildman–Crippen MR) is 77.2 cm³/mol. The fourth-order valence-electron chi connectivity index (χ4n) is 1.70. The summed E-state index contributed by atoms with van der Waals surface area (Å²) >= 11 is 7.67. The van der Waals surface area contributed by atoms with Crippen molar-refractivity contribution in [2.24, 2.45) is 0 Å². The second kappa shape index (κ2) is 4.68. The van der Waals surface area contributed by atoms with Gasteiger partial charge >= 0.3 is 0 Å². The Morgan fingerprint density at radius 2 is 2.11 bits per heavy atom. The maximum absolute atomic E-state index is 6.19. The van der Waals surface area contributed by atoms with E-state index in [1.807, 2.05) is 30.5 Å². The third-order valence-electron chi connectivity index (χ3n) is 2.72. The summed E-state index contributed by atoms with van der Waals surface area (Å²) < 4.78 is 5.26. The summed E-state index contributed by atoms with van der Waals surface area (Å²) in [4.78, 5) is 5.14. The molecule has 3 aromatic rings. The molecule has 0 aliphatic rings. The standard InChI is InChI=1S/C13H10ClN3OS/c1-7-6-19-11(10(7)14)13-16-12(17-18-13)8-4-2-3-5-9(8)15/h2-6H,15H2,1H3. The van der Waals surface area contributed by atoms with Gasteiger partial charge in [0.1, 0.15) is 4.88 Å². The normalized spacial score (nSPS) is 10.8. The van der Waals surface area contributed by atoms with E-state index in [1.165, 1.54) is 11.3 Å². The van der Waals surface area contributed by atoms with E-state index in [9.17, 15) is 0 Å². The minimum atomic E-state index is 0.418. The lowest BCUT2D eigenvalue weighted by Crippen LogP contribution is -1.90. The summed E-state index contributed by atoms with van der Waals surface area (Å²) in [6.45, 7) is 1.94. The average Bonchev–Trinajstić information content (AvgIpc) is 2.99. The van der Waals surface area contributed by atoms with Crippen molar-refractivity contribution in [2.75, 3.05) is 5.73 Å². The molecule has 2 N–H and O–H groups in total. The molecule has 0 radical (unpaired) electrons. The molecule has 0 atom stereocenters. The highest BCUT2D eigenvalue weighted by molar-refractivity contribution is 7.14.